The minimum Gasteiger partial charge on any atom is -0.503 e. The van der Waals surface area contributed by atoms with Gasteiger partial charge in [0.2, 0.25) is 11.8 Å². The van der Waals surface area contributed by atoms with Crippen LogP contribution in [0.3, 0.4) is 0 Å². The van der Waals surface area contributed by atoms with Crippen molar-refractivity contribution in [3.05, 3.63) is 38.2 Å². The molecule has 0 aliphatic heterocycles. The Morgan fingerprint density at radius 1 is 1.38 bits per heavy atom. The van der Waals surface area contributed by atoms with Crippen molar-refractivity contribution >= 4 is 56.5 Å². The Bertz CT molecular complexity index is 1420. The fourth-order valence-electron chi connectivity index (χ4n) is 3.01. The molecule has 216 valence electrons. The van der Waals surface area contributed by atoms with Crippen molar-refractivity contribution in [1.29, 1.82) is 0 Å². The lowest BCUT2D eigenvalue weighted by atomic mass is 9.95. The smallest absolute Gasteiger partial charge is 0.418 e. The van der Waals surface area contributed by atoms with E-state index in [0.717, 1.165) is 23.6 Å². The van der Waals surface area contributed by atoms with E-state index in [-0.39, 0.29) is 32.3 Å². The molecule has 0 saturated carbocycles. The molecule has 0 aliphatic rings. The Balaban J connectivity index is 2.49. The molecule has 16 nitrogen and oxygen atoms in total. The fourth-order valence-corrected chi connectivity index (χ4v) is 4.37. The number of carbonyl (C=O) groups excluding carboxylic acids is 2. The predicted octanol–water partition coefficient (Wildman–Crippen LogP) is 1.08. The molecular weight excluding hydrogens is 584 g/mol. The van der Waals surface area contributed by atoms with Gasteiger partial charge in [0.05, 0.1) is 17.8 Å². The first kappa shape index (κ1) is 31.8. The number of nitrogens with one attached hydrogen (secondary N) is 1. The number of nitrogen functional groups attached to an aromatic ring is 1. The molecule has 0 saturated heterocycles. The SMILES string of the molecule is CC(C)C(O/N=C(\C(=O)NC(C)C(C)(C)N(C=O)OS(=O)(=O)O)c1nc(N)sc1Cl)c1cc(=O)c(O)cn1O. The monoisotopic (exact) mass is 610 g/mol. The summed E-state index contributed by atoms with van der Waals surface area (Å²) < 4.78 is 35.9. The van der Waals surface area contributed by atoms with Crippen LogP contribution >= 0.6 is 22.9 Å². The highest BCUT2D eigenvalue weighted by atomic mass is 35.5. The summed E-state index contributed by atoms with van der Waals surface area (Å²) in [5, 5.41) is 26.4. The van der Waals surface area contributed by atoms with Crippen molar-refractivity contribution in [2.75, 3.05) is 5.73 Å². The molecule has 0 radical (unpaired) electrons. The van der Waals surface area contributed by atoms with Gasteiger partial charge >= 0.3 is 10.4 Å². The van der Waals surface area contributed by atoms with Crippen molar-refractivity contribution in [1.82, 2.24) is 20.1 Å². The summed E-state index contributed by atoms with van der Waals surface area (Å²) in [5.74, 6) is -2.11. The summed E-state index contributed by atoms with van der Waals surface area (Å²) in [6.07, 6.45) is -0.363. The first-order chi connectivity index (χ1) is 17.9. The number of halogens is 1. The number of nitrogens with two attached hydrogens (primary N) is 1. The summed E-state index contributed by atoms with van der Waals surface area (Å²) >= 11 is 7.02. The molecule has 0 bridgehead atoms. The number of pyridine rings is 1. The van der Waals surface area contributed by atoms with Crippen molar-refractivity contribution < 1.29 is 42.0 Å². The third-order valence-corrected chi connectivity index (χ3v) is 6.91. The van der Waals surface area contributed by atoms with Gasteiger partial charge in [0.25, 0.3) is 5.91 Å². The van der Waals surface area contributed by atoms with Crippen LogP contribution in [0.5, 0.6) is 5.75 Å². The minimum atomic E-state index is -5.07. The molecular formula is C20H27ClN6O10S2. The van der Waals surface area contributed by atoms with Crippen LogP contribution in [0.15, 0.2) is 22.2 Å². The number of hydrogen-bond acceptors (Lipinski definition) is 13. The maximum atomic E-state index is 13.3. The minimum absolute atomic E-state index is 0.00810. The third-order valence-electron chi connectivity index (χ3n) is 5.48. The van der Waals surface area contributed by atoms with E-state index in [1.807, 2.05) is 0 Å². The maximum absolute atomic E-state index is 13.3. The van der Waals surface area contributed by atoms with Gasteiger partial charge in [-0.25, -0.2) is 4.98 Å². The normalized spacial score (nSPS) is 14.1. The number of hydrogen-bond donors (Lipinski definition) is 5. The Morgan fingerprint density at radius 3 is 2.49 bits per heavy atom. The molecule has 2 aromatic heterocycles. The van der Waals surface area contributed by atoms with Crippen LogP contribution < -0.4 is 16.5 Å². The Labute approximate surface area is 231 Å². The Hall–Kier alpha value is -3.45. The number of nitrogens with zero attached hydrogens (tertiary/aromatic N) is 4. The van der Waals surface area contributed by atoms with E-state index in [2.05, 4.69) is 19.7 Å². The van der Waals surface area contributed by atoms with E-state index in [4.69, 9.17) is 26.7 Å². The van der Waals surface area contributed by atoms with Crippen LogP contribution in [0.1, 0.15) is 52.1 Å². The molecule has 2 amide bonds. The Kier molecular flexibility index (Phi) is 9.91. The molecule has 2 heterocycles. The second kappa shape index (κ2) is 12.2. The van der Waals surface area contributed by atoms with Crippen LogP contribution in [0.2, 0.25) is 4.34 Å². The van der Waals surface area contributed by atoms with E-state index < -0.39 is 56.8 Å². The van der Waals surface area contributed by atoms with E-state index in [0.29, 0.717) is 4.73 Å². The highest BCUT2D eigenvalue weighted by molar-refractivity contribution is 7.80. The van der Waals surface area contributed by atoms with Crippen LogP contribution in [-0.2, 0) is 29.1 Å². The van der Waals surface area contributed by atoms with Crippen LogP contribution in [-0.4, -0.2) is 67.7 Å². The first-order valence-corrected chi connectivity index (χ1v) is 13.5. The highest BCUT2D eigenvalue weighted by Gasteiger charge is 2.38. The van der Waals surface area contributed by atoms with Crippen LogP contribution in [0.25, 0.3) is 0 Å². The lowest BCUT2D eigenvalue weighted by molar-refractivity contribution is -0.166. The Morgan fingerprint density at radius 2 is 2.00 bits per heavy atom. The molecule has 19 heteroatoms. The molecule has 6 N–H and O–H groups in total. The lowest BCUT2D eigenvalue weighted by Gasteiger charge is -2.37. The molecule has 2 aromatic rings. The summed E-state index contributed by atoms with van der Waals surface area (Å²) in [6, 6.07) is -0.130. The van der Waals surface area contributed by atoms with Gasteiger partial charge in [-0.2, -0.15) is 18.2 Å². The number of thiazole rings is 1. The number of carbonyl (C=O) groups is 2. The summed E-state index contributed by atoms with van der Waals surface area (Å²) in [4.78, 5) is 46.3. The number of aromatic nitrogens is 2. The molecule has 2 atom stereocenters. The fraction of sp³-hybridized carbons (Fsp3) is 0.450. The number of rotatable bonds is 12. The average molecular weight is 611 g/mol. The van der Waals surface area contributed by atoms with Gasteiger partial charge in [0.1, 0.15) is 15.7 Å². The van der Waals surface area contributed by atoms with Gasteiger partial charge in [-0.1, -0.05) is 41.9 Å². The topological polar surface area (TPSA) is 236 Å². The average Bonchev–Trinajstić information content (AvgIpc) is 3.14. The van der Waals surface area contributed by atoms with Crippen molar-refractivity contribution in [2.24, 2.45) is 11.1 Å². The molecule has 2 rings (SSSR count). The second-order valence-electron chi connectivity index (χ2n) is 8.96. The molecule has 0 spiro atoms. The number of anilines is 1. The maximum Gasteiger partial charge on any atom is 0.418 e. The number of oxime groups is 1. The number of hydroxylamine groups is 2. The molecule has 0 fully saturated rings. The lowest BCUT2D eigenvalue weighted by Crippen LogP contribution is -2.58. The standard InChI is InChI=1S/C20H27ClN6O10S2/c1-9(2)16(11-6-12(29)13(30)7-26(11)32)36-25-15(14-17(21)38-19(22)24-14)18(31)23-10(3)20(4,5)27(8-28)37-39(33,34)35/h6-10,16,30,32H,1-5H3,(H2,22,24)(H,23,31)(H,33,34,35)/b25-15-. The van der Waals surface area contributed by atoms with Gasteiger partial charge in [-0.05, 0) is 26.7 Å². The van der Waals surface area contributed by atoms with Crippen molar-refractivity contribution in [2.45, 2.75) is 52.3 Å². The van der Waals surface area contributed by atoms with Crippen molar-refractivity contribution in [3.63, 3.8) is 0 Å². The molecule has 2 unspecified atom stereocenters. The van der Waals surface area contributed by atoms with E-state index in [1.165, 1.54) is 20.8 Å². The van der Waals surface area contributed by atoms with Gasteiger partial charge < -0.3 is 26.2 Å². The largest absolute Gasteiger partial charge is 0.503 e. The van der Waals surface area contributed by atoms with E-state index in [1.54, 1.807) is 13.8 Å². The quantitative estimate of drug-likeness (QED) is 0.0746. The van der Waals surface area contributed by atoms with Crippen molar-refractivity contribution in [3.8, 4) is 5.75 Å². The number of aromatic hydroxyl groups is 1. The van der Waals surface area contributed by atoms with E-state index >= 15 is 0 Å². The zero-order valence-electron chi connectivity index (χ0n) is 21.2. The highest BCUT2D eigenvalue weighted by Crippen LogP contribution is 2.29. The second-order valence-corrected chi connectivity index (χ2v) is 11.6. The molecule has 0 aliphatic carbocycles. The summed E-state index contributed by atoms with van der Waals surface area (Å²) in [7, 11) is -5.07. The van der Waals surface area contributed by atoms with Crippen LogP contribution in [0, 0.1) is 5.92 Å². The zero-order chi connectivity index (χ0) is 29.9. The predicted molar refractivity (Wildman–Crippen MR) is 139 cm³/mol. The molecule has 39 heavy (non-hydrogen) atoms. The van der Waals surface area contributed by atoms with Gasteiger partial charge in [-0.3, -0.25) is 18.9 Å². The summed E-state index contributed by atoms with van der Waals surface area (Å²) in [5.41, 5.74) is 2.57. The third kappa shape index (κ3) is 7.79. The summed E-state index contributed by atoms with van der Waals surface area (Å²) in [6.45, 7) is 7.39. The van der Waals surface area contributed by atoms with Crippen LogP contribution in [0.4, 0.5) is 5.13 Å². The number of amides is 2. The van der Waals surface area contributed by atoms with E-state index in [9.17, 15) is 33.1 Å². The molecule has 0 aromatic carbocycles. The van der Waals surface area contributed by atoms with Gasteiger partial charge in [0, 0.05) is 6.07 Å². The van der Waals surface area contributed by atoms with Gasteiger partial charge in [-0.15, -0.1) is 4.28 Å². The first-order valence-electron chi connectivity index (χ1n) is 10.9. The zero-order valence-corrected chi connectivity index (χ0v) is 23.6. The van der Waals surface area contributed by atoms with Gasteiger partial charge in [0.15, 0.2) is 22.7 Å².